The first-order valence-electron chi connectivity index (χ1n) is 6.00. The fourth-order valence-electron chi connectivity index (χ4n) is 1.61. The molecule has 0 amide bonds. The number of ether oxygens (including phenoxy) is 1. The van der Waals surface area contributed by atoms with Crippen LogP contribution in [0.4, 0.5) is 24.7 Å². The summed E-state index contributed by atoms with van der Waals surface area (Å²) in [5.74, 6) is 0.551. The summed E-state index contributed by atoms with van der Waals surface area (Å²) in [6, 6.07) is 7.56. The summed E-state index contributed by atoms with van der Waals surface area (Å²) in [6.45, 7) is 2.32. The largest absolute Gasteiger partial charge is 0.494 e. The van der Waals surface area contributed by atoms with E-state index < -0.39 is 17.2 Å². The van der Waals surface area contributed by atoms with Crippen LogP contribution < -0.4 is 10.1 Å². The molecule has 1 aromatic heterocycles. The van der Waals surface area contributed by atoms with E-state index in [1.807, 2.05) is 6.92 Å². The molecule has 0 fully saturated rings. The highest BCUT2D eigenvalue weighted by Gasteiger charge is 2.33. The van der Waals surface area contributed by atoms with Crippen LogP contribution in [0.5, 0.6) is 5.75 Å². The van der Waals surface area contributed by atoms with Crippen molar-refractivity contribution < 1.29 is 17.9 Å². The highest BCUT2D eigenvalue weighted by Crippen LogP contribution is 2.30. The third-order valence-electron chi connectivity index (χ3n) is 2.41. The fraction of sp³-hybridized carbons (Fsp3) is 0.231. The molecule has 0 saturated carbocycles. The Balaban J connectivity index is 2.27. The molecular formula is C13H11ClF3N3O. The van der Waals surface area contributed by atoms with Gasteiger partial charge in [-0.05, 0) is 30.7 Å². The molecule has 0 unspecified atom stereocenters. The minimum absolute atomic E-state index is 0.0454. The van der Waals surface area contributed by atoms with Gasteiger partial charge in [-0.1, -0.05) is 6.07 Å². The molecule has 0 aliphatic heterocycles. The van der Waals surface area contributed by atoms with Crippen LogP contribution in [0.2, 0.25) is 5.28 Å². The number of aromatic nitrogens is 2. The van der Waals surface area contributed by atoms with Gasteiger partial charge in [0, 0.05) is 17.8 Å². The number of halogens is 4. The smallest absolute Gasteiger partial charge is 0.433 e. The highest BCUT2D eigenvalue weighted by atomic mass is 35.5. The summed E-state index contributed by atoms with van der Waals surface area (Å²) in [5.41, 5.74) is -0.574. The van der Waals surface area contributed by atoms with E-state index >= 15 is 0 Å². The van der Waals surface area contributed by atoms with Crippen LogP contribution in [0.15, 0.2) is 30.3 Å². The number of nitrogens with zero attached hydrogens (tertiary/aromatic N) is 2. The van der Waals surface area contributed by atoms with E-state index in [0.717, 1.165) is 6.07 Å². The van der Waals surface area contributed by atoms with Gasteiger partial charge in [-0.2, -0.15) is 13.2 Å². The standard InChI is InChI=1S/C13H11ClF3N3O/c1-2-21-9-5-3-4-8(6-9)18-11-7-10(13(15,16)17)19-12(14)20-11/h3-7H,2H2,1H3,(H,18,19,20). The van der Waals surface area contributed by atoms with Crippen molar-refractivity contribution in [2.75, 3.05) is 11.9 Å². The summed E-state index contributed by atoms with van der Waals surface area (Å²) in [7, 11) is 0. The lowest BCUT2D eigenvalue weighted by Gasteiger charge is -2.11. The molecule has 8 heteroatoms. The Morgan fingerprint density at radius 3 is 2.67 bits per heavy atom. The zero-order chi connectivity index (χ0) is 15.5. The summed E-state index contributed by atoms with van der Waals surface area (Å²) < 4.78 is 43.3. The van der Waals surface area contributed by atoms with E-state index in [2.05, 4.69) is 15.3 Å². The maximum Gasteiger partial charge on any atom is 0.433 e. The maximum atomic E-state index is 12.7. The minimum Gasteiger partial charge on any atom is -0.494 e. The molecule has 0 atom stereocenters. The normalized spacial score (nSPS) is 11.3. The van der Waals surface area contributed by atoms with E-state index in [4.69, 9.17) is 16.3 Å². The van der Waals surface area contributed by atoms with Gasteiger partial charge in [-0.15, -0.1) is 0 Å². The van der Waals surface area contributed by atoms with Crippen molar-refractivity contribution in [2.45, 2.75) is 13.1 Å². The Hall–Kier alpha value is -2.02. The number of benzene rings is 1. The van der Waals surface area contributed by atoms with E-state index in [1.54, 1.807) is 24.3 Å². The van der Waals surface area contributed by atoms with Gasteiger partial charge < -0.3 is 10.1 Å². The topological polar surface area (TPSA) is 47.0 Å². The van der Waals surface area contributed by atoms with Crippen LogP contribution in [0.3, 0.4) is 0 Å². The van der Waals surface area contributed by atoms with Crippen LogP contribution in [0.25, 0.3) is 0 Å². The van der Waals surface area contributed by atoms with Crippen molar-refractivity contribution in [2.24, 2.45) is 0 Å². The van der Waals surface area contributed by atoms with Crippen molar-refractivity contribution in [1.29, 1.82) is 0 Å². The molecule has 1 N–H and O–H groups in total. The Morgan fingerprint density at radius 1 is 1.24 bits per heavy atom. The van der Waals surface area contributed by atoms with Gasteiger partial charge in [0.15, 0.2) is 5.69 Å². The molecule has 0 spiro atoms. The number of hydrogen-bond acceptors (Lipinski definition) is 4. The zero-order valence-corrected chi connectivity index (χ0v) is 11.7. The second-order valence-corrected chi connectivity index (χ2v) is 4.33. The highest BCUT2D eigenvalue weighted by molar-refractivity contribution is 6.28. The maximum absolute atomic E-state index is 12.7. The average molecular weight is 318 g/mol. The van der Waals surface area contributed by atoms with Crippen molar-refractivity contribution in [3.63, 3.8) is 0 Å². The monoisotopic (exact) mass is 317 g/mol. The molecule has 2 aromatic rings. The van der Waals surface area contributed by atoms with Gasteiger partial charge in [-0.25, -0.2) is 9.97 Å². The van der Waals surface area contributed by atoms with Crippen molar-refractivity contribution in [3.8, 4) is 5.75 Å². The molecule has 1 aromatic carbocycles. The fourth-order valence-corrected chi connectivity index (χ4v) is 1.79. The van der Waals surface area contributed by atoms with Crippen LogP contribution in [0, 0.1) is 0 Å². The molecule has 2 rings (SSSR count). The van der Waals surface area contributed by atoms with Crippen LogP contribution in [-0.4, -0.2) is 16.6 Å². The quantitative estimate of drug-likeness (QED) is 0.854. The summed E-state index contributed by atoms with van der Waals surface area (Å²) in [4.78, 5) is 6.88. The number of alkyl halides is 3. The van der Waals surface area contributed by atoms with Crippen molar-refractivity contribution in [3.05, 3.63) is 41.3 Å². The van der Waals surface area contributed by atoms with E-state index in [9.17, 15) is 13.2 Å². The third kappa shape index (κ3) is 4.22. The molecule has 0 bridgehead atoms. The molecule has 1 heterocycles. The summed E-state index contributed by atoms with van der Waals surface area (Å²) >= 11 is 5.52. The molecule has 21 heavy (non-hydrogen) atoms. The van der Waals surface area contributed by atoms with Gasteiger partial charge >= 0.3 is 6.18 Å². The number of anilines is 2. The van der Waals surface area contributed by atoms with Gasteiger partial charge in [0.05, 0.1) is 6.61 Å². The number of nitrogens with one attached hydrogen (secondary N) is 1. The minimum atomic E-state index is -4.59. The molecule has 112 valence electrons. The van der Waals surface area contributed by atoms with E-state index in [0.29, 0.717) is 18.0 Å². The number of hydrogen-bond donors (Lipinski definition) is 1. The van der Waals surface area contributed by atoms with Crippen LogP contribution in [-0.2, 0) is 6.18 Å². The first-order valence-corrected chi connectivity index (χ1v) is 6.38. The van der Waals surface area contributed by atoms with Gasteiger partial charge in [0.2, 0.25) is 5.28 Å². The average Bonchev–Trinajstić information content (AvgIpc) is 2.38. The van der Waals surface area contributed by atoms with E-state index in [1.165, 1.54) is 0 Å². The Bertz CT molecular complexity index is 634. The summed E-state index contributed by atoms with van der Waals surface area (Å²) in [6.07, 6.45) is -4.59. The first-order chi connectivity index (χ1) is 9.88. The molecule has 0 aliphatic rings. The van der Waals surface area contributed by atoms with Gasteiger partial charge in [0.1, 0.15) is 11.6 Å². The second-order valence-electron chi connectivity index (χ2n) is 3.99. The van der Waals surface area contributed by atoms with Gasteiger partial charge in [-0.3, -0.25) is 0 Å². The first kappa shape index (κ1) is 15.4. The lowest BCUT2D eigenvalue weighted by atomic mass is 10.3. The predicted molar refractivity (Wildman–Crippen MR) is 72.9 cm³/mol. The van der Waals surface area contributed by atoms with Gasteiger partial charge in [0.25, 0.3) is 0 Å². The van der Waals surface area contributed by atoms with E-state index in [-0.39, 0.29) is 5.82 Å². The predicted octanol–water partition coefficient (Wildman–Crippen LogP) is 4.29. The Kier molecular flexibility index (Phi) is 4.52. The molecule has 4 nitrogen and oxygen atoms in total. The number of rotatable bonds is 4. The second kappa shape index (κ2) is 6.17. The molecule has 0 radical (unpaired) electrons. The molecule has 0 aliphatic carbocycles. The Labute approximate surface area is 123 Å². The zero-order valence-electron chi connectivity index (χ0n) is 10.9. The SMILES string of the molecule is CCOc1cccc(Nc2cc(C(F)(F)F)nc(Cl)n2)c1. The lowest BCUT2D eigenvalue weighted by Crippen LogP contribution is -2.10. The molecule has 0 saturated heterocycles. The van der Waals surface area contributed by atoms with Crippen LogP contribution in [0.1, 0.15) is 12.6 Å². The third-order valence-corrected chi connectivity index (χ3v) is 2.58. The molecular weight excluding hydrogens is 307 g/mol. The van der Waals surface area contributed by atoms with Crippen molar-refractivity contribution >= 4 is 23.1 Å². The Morgan fingerprint density at radius 2 is 2.00 bits per heavy atom. The summed E-state index contributed by atoms with van der Waals surface area (Å²) in [5, 5.41) is 2.26. The lowest BCUT2D eigenvalue weighted by molar-refractivity contribution is -0.141. The van der Waals surface area contributed by atoms with Crippen LogP contribution >= 0.6 is 11.6 Å². The van der Waals surface area contributed by atoms with Crippen molar-refractivity contribution in [1.82, 2.24) is 9.97 Å².